The van der Waals surface area contributed by atoms with Crippen molar-refractivity contribution in [2.45, 2.75) is 5.16 Å². The van der Waals surface area contributed by atoms with Gasteiger partial charge in [-0.25, -0.2) is 4.98 Å². The van der Waals surface area contributed by atoms with Crippen LogP contribution in [0.1, 0.15) is 0 Å². The van der Waals surface area contributed by atoms with Crippen molar-refractivity contribution in [3.63, 3.8) is 0 Å². The maximum absolute atomic E-state index is 6.04. The Labute approximate surface area is 151 Å². The SMILES string of the molecule is Clc1ccccc1OCCSc1n[nH]c(-c2ccccc2Br)n1. The van der Waals surface area contributed by atoms with Gasteiger partial charge in [-0.3, -0.25) is 5.10 Å². The molecule has 3 rings (SSSR count). The lowest BCUT2D eigenvalue weighted by Crippen LogP contribution is -2.00. The number of hydrogen-bond donors (Lipinski definition) is 1. The summed E-state index contributed by atoms with van der Waals surface area (Å²) in [6.07, 6.45) is 0. The molecule has 0 saturated heterocycles. The Morgan fingerprint density at radius 1 is 1.13 bits per heavy atom. The molecule has 0 saturated carbocycles. The van der Waals surface area contributed by atoms with Gasteiger partial charge in [0.1, 0.15) is 5.75 Å². The van der Waals surface area contributed by atoms with Crippen molar-refractivity contribution in [2.75, 3.05) is 12.4 Å². The van der Waals surface area contributed by atoms with Gasteiger partial charge in [-0.1, -0.05) is 69.6 Å². The summed E-state index contributed by atoms with van der Waals surface area (Å²) in [5, 5.41) is 8.49. The number of nitrogens with zero attached hydrogens (tertiary/aromatic N) is 2. The first-order valence-electron chi connectivity index (χ1n) is 6.91. The standard InChI is InChI=1S/C16H13BrClN3OS/c17-12-6-2-1-5-11(12)15-19-16(21-20-15)23-10-9-22-14-8-4-3-7-13(14)18/h1-8H,9-10H2,(H,19,20,21). The van der Waals surface area contributed by atoms with Crippen molar-refractivity contribution in [1.82, 2.24) is 15.2 Å². The lowest BCUT2D eigenvalue weighted by molar-refractivity contribution is 0.344. The maximum Gasteiger partial charge on any atom is 0.208 e. The van der Waals surface area contributed by atoms with E-state index < -0.39 is 0 Å². The molecule has 0 unspecified atom stereocenters. The van der Waals surface area contributed by atoms with Crippen LogP contribution in [0.25, 0.3) is 11.4 Å². The zero-order chi connectivity index (χ0) is 16.1. The molecule has 1 heterocycles. The largest absolute Gasteiger partial charge is 0.491 e. The fourth-order valence-corrected chi connectivity index (χ4v) is 3.21. The van der Waals surface area contributed by atoms with E-state index in [1.54, 1.807) is 0 Å². The summed E-state index contributed by atoms with van der Waals surface area (Å²) in [4.78, 5) is 4.49. The molecule has 0 aliphatic rings. The average Bonchev–Trinajstić information content (AvgIpc) is 3.02. The van der Waals surface area contributed by atoms with Gasteiger partial charge in [-0.15, -0.1) is 5.10 Å². The molecule has 0 fully saturated rings. The lowest BCUT2D eigenvalue weighted by atomic mass is 10.2. The molecular weight excluding hydrogens is 398 g/mol. The number of thioether (sulfide) groups is 1. The summed E-state index contributed by atoms with van der Waals surface area (Å²) in [6, 6.07) is 15.3. The number of para-hydroxylation sites is 1. The topological polar surface area (TPSA) is 50.8 Å². The highest BCUT2D eigenvalue weighted by Crippen LogP contribution is 2.27. The molecule has 2 aromatic carbocycles. The maximum atomic E-state index is 6.04. The summed E-state index contributed by atoms with van der Waals surface area (Å²) >= 11 is 11.1. The quantitative estimate of drug-likeness (QED) is 0.456. The Bertz CT molecular complexity index is 796. The van der Waals surface area contributed by atoms with Gasteiger partial charge in [0.05, 0.1) is 11.6 Å². The predicted octanol–water partition coefficient (Wildman–Crippen LogP) is 5.06. The number of rotatable bonds is 6. The summed E-state index contributed by atoms with van der Waals surface area (Å²) in [5.41, 5.74) is 0.985. The van der Waals surface area contributed by atoms with Crippen LogP contribution in [0.5, 0.6) is 5.75 Å². The highest BCUT2D eigenvalue weighted by Gasteiger charge is 2.09. The molecule has 0 radical (unpaired) electrons. The fourth-order valence-electron chi connectivity index (χ4n) is 1.93. The van der Waals surface area contributed by atoms with Crippen LogP contribution in [0.2, 0.25) is 5.02 Å². The molecule has 4 nitrogen and oxygen atoms in total. The van der Waals surface area contributed by atoms with Crippen molar-refractivity contribution >= 4 is 39.3 Å². The molecule has 0 amide bonds. The Balaban J connectivity index is 1.54. The molecule has 0 aliphatic heterocycles. The van der Waals surface area contributed by atoms with Gasteiger partial charge >= 0.3 is 0 Å². The first-order valence-corrected chi connectivity index (χ1v) is 9.07. The van der Waals surface area contributed by atoms with Crippen molar-refractivity contribution in [3.8, 4) is 17.1 Å². The van der Waals surface area contributed by atoms with Crippen LogP contribution in [0, 0.1) is 0 Å². The second-order valence-corrected chi connectivity index (χ2v) is 6.90. The zero-order valence-corrected chi connectivity index (χ0v) is 15.2. The van der Waals surface area contributed by atoms with E-state index in [9.17, 15) is 0 Å². The molecule has 0 spiro atoms. The van der Waals surface area contributed by atoms with Gasteiger partial charge in [0.15, 0.2) is 5.82 Å². The van der Waals surface area contributed by atoms with Gasteiger partial charge < -0.3 is 4.74 Å². The third-order valence-corrected chi connectivity index (χ3v) is 4.82. The van der Waals surface area contributed by atoms with Crippen LogP contribution in [0.4, 0.5) is 0 Å². The predicted molar refractivity (Wildman–Crippen MR) is 97.2 cm³/mol. The third-order valence-electron chi connectivity index (χ3n) is 3.00. The monoisotopic (exact) mass is 409 g/mol. The normalized spacial score (nSPS) is 10.7. The number of hydrogen-bond acceptors (Lipinski definition) is 4. The van der Waals surface area contributed by atoms with Gasteiger partial charge in [-0.2, -0.15) is 0 Å². The van der Waals surface area contributed by atoms with Gasteiger partial charge in [0.25, 0.3) is 0 Å². The van der Waals surface area contributed by atoms with E-state index >= 15 is 0 Å². The molecule has 1 aromatic heterocycles. The highest BCUT2D eigenvalue weighted by atomic mass is 79.9. The lowest BCUT2D eigenvalue weighted by Gasteiger charge is -2.06. The molecule has 0 aliphatic carbocycles. The second-order valence-electron chi connectivity index (χ2n) is 4.57. The first kappa shape index (κ1) is 16.4. The number of aromatic amines is 1. The Kier molecular flexibility index (Phi) is 5.59. The first-order chi connectivity index (χ1) is 11.2. The van der Waals surface area contributed by atoms with E-state index in [2.05, 4.69) is 31.1 Å². The fraction of sp³-hybridized carbons (Fsp3) is 0.125. The van der Waals surface area contributed by atoms with Crippen LogP contribution < -0.4 is 4.74 Å². The summed E-state index contributed by atoms with van der Waals surface area (Å²) in [6.45, 7) is 0.535. The van der Waals surface area contributed by atoms with Crippen LogP contribution >= 0.6 is 39.3 Å². The number of halogens is 2. The van der Waals surface area contributed by atoms with Gasteiger partial charge in [-0.05, 0) is 18.2 Å². The Hall–Kier alpha value is -1.50. The minimum atomic E-state index is 0.535. The highest BCUT2D eigenvalue weighted by molar-refractivity contribution is 9.10. The number of aromatic nitrogens is 3. The van der Waals surface area contributed by atoms with Gasteiger partial charge in [0.2, 0.25) is 5.16 Å². The smallest absolute Gasteiger partial charge is 0.208 e. The Morgan fingerprint density at radius 2 is 1.91 bits per heavy atom. The molecule has 7 heteroatoms. The number of H-pyrrole nitrogens is 1. The van der Waals surface area contributed by atoms with E-state index in [1.165, 1.54) is 11.8 Å². The van der Waals surface area contributed by atoms with Crippen LogP contribution in [-0.4, -0.2) is 27.5 Å². The number of benzene rings is 2. The summed E-state index contributed by atoms with van der Waals surface area (Å²) in [5.74, 6) is 2.17. The van der Waals surface area contributed by atoms with Crippen molar-refractivity contribution in [2.24, 2.45) is 0 Å². The van der Waals surface area contributed by atoms with E-state index in [4.69, 9.17) is 16.3 Å². The number of nitrogens with one attached hydrogen (secondary N) is 1. The minimum Gasteiger partial charge on any atom is -0.491 e. The third kappa shape index (κ3) is 4.28. The molecular formula is C16H13BrClN3OS. The molecule has 23 heavy (non-hydrogen) atoms. The van der Waals surface area contributed by atoms with Crippen molar-refractivity contribution < 1.29 is 4.74 Å². The summed E-state index contributed by atoms with van der Waals surface area (Å²) in [7, 11) is 0. The molecule has 0 atom stereocenters. The minimum absolute atomic E-state index is 0.535. The van der Waals surface area contributed by atoms with E-state index in [0.29, 0.717) is 22.5 Å². The van der Waals surface area contributed by atoms with Crippen LogP contribution in [-0.2, 0) is 0 Å². The van der Waals surface area contributed by atoms with Gasteiger partial charge in [0, 0.05) is 15.8 Å². The van der Waals surface area contributed by atoms with Crippen LogP contribution in [0.15, 0.2) is 58.2 Å². The molecule has 1 N–H and O–H groups in total. The Morgan fingerprint density at radius 3 is 2.74 bits per heavy atom. The summed E-state index contributed by atoms with van der Waals surface area (Å²) < 4.78 is 6.62. The second kappa shape index (κ2) is 7.86. The van der Waals surface area contributed by atoms with E-state index in [0.717, 1.165) is 21.6 Å². The van der Waals surface area contributed by atoms with Crippen molar-refractivity contribution in [3.05, 3.63) is 58.0 Å². The van der Waals surface area contributed by atoms with Crippen molar-refractivity contribution in [1.29, 1.82) is 0 Å². The van der Waals surface area contributed by atoms with E-state index in [-0.39, 0.29) is 0 Å². The number of ether oxygens (including phenoxy) is 1. The van der Waals surface area contributed by atoms with Crippen LogP contribution in [0.3, 0.4) is 0 Å². The average molecular weight is 411 g/mol. The molecule has 0 bridgehead atoms. The zero-order valence-electron chi connectivity index (χ0n) is 12.0. The molecule has 3 aromatic rings. The van der Waals surface area contributed by atoms with E-state index in [1.807, 2.05) is 48.5 Å². The molecule has 118 valence electrons.